The summed E-state index contributed by atoms with van der Waals surface area (Å²) < 4.78 is 39.4. The Labute approximate surface area is 460 Å². The van der Waals surface area contributed by atoms with Crippen LogP contribution in [0.2, 0.25) is 0 Å². The fourth-order valence-corrected chi connectivity index (χ4v) is 7.52. The van der Waals surface area contributed by atoms with E-state index < -0.39 is 64.4 Å². The Hall–Kier alpha value is -4.90. The number of aliphatic hydroxyl groups excluding tert-OH is 1. The largest absolute Gasteiger partial charge is 0.472 e. The Morgan fingerprint density at radius 3 is 1.04 bits per heavy atom. The van der Waals surface area contributed by atoms with Crippen LogP contribution in [-0.4, -0.2) is 66.5 Å². The first-order valence-corrected chi connectivity index (χ1v) is 29.9. The van der Waals surface area contributed by atoms with E-state index in [1.165, 1.54) is 0 Å². The van der Waals surface area contributed by atoms with Gasteiger partial charge in [-0.3, -0.25) is 23.4 Å². The van der Waals surface area contributed by atoms with Crippen LogP contribution >= 0.6 is 7.82 Å². The van der Waals surface area contributed by atoms with E-state index in [-0.39, 0.29) is 19.3 Å². The van der Waals surface area contributed by atoms with E-state index in [2.05, 4.69) is 154 Å². The SMILES string of the molecule is CC/C=C\C/C=C\C/C=C\C/C=C\C/C=C\CCCC(=O)OCC(COP(=O)(O)OCC(CO)OC(=O)CCCCCCC/C=C\C/C=C\C/C=C\CC)OC(=O)CCC/C=C\C/C=C\C/C=C\C/C=C\C/C=C\CC. The monoisotopic (exact) mass is 1070 g/mol. The summed E-state index contributed by atoms with van der Waals surface area (Å²) in [6.07, 6.45) is 73.6. The zero-order chi connectivity index (χ0) is 55.5. The number of allylic oxidation sites excluding steroid dienone is 26. The van der Waals surface area contributed by atoms with Crippen LogP contribution in [0.3, 0.4) is 0 Å². The van der Waals surface area contributed by atoms with E-state index in [0.717, 1.165) is 116 Å². The molecule has 3 unspecified atom stereocenters. The smallest absolute Gasteiger partial charge is 0.462 e. The van der Waals surface area contributed by atoms with Gasteiger partial charge in [0.25, 0.3) is 0 Å². The van der Waals surface area contributed by atoms with Gasteiger partial charge in [-0.1, -0.05) is 198 Å². The zero-order valence-corrected chi connectivity index (χ0v) is 47.8. The van der Waals surface area contributed by atoms with E-state index >= 15 is 0 Å². The van der Waals surface area contributed by atoms with Crippen molar-refractivity contribution >= 4 is 25.7 Å². The van der Waals surface area contributed by atoms with E-state index in [1.807, 2.05) is 24.3 Å². The van der Waals surface area contributed by atoms with E-state index in [0.29, 0.717) is 32.1 Å². The number of carbonyl (C=O) groups is 3. The summed E-state index contributed by atoms with van der Waals surface area (Å²) in [6, 6.07) is 0. The summed E-state index contributed by atoms with van der Waals surface area (Å²) in [4.78, 5) is 48.5. The first-order valence-electron chi connectivity index (χ1n) is 28.4. The van der Waals surface area contributed by atoms with Crippen molar-refractivity contribution in [1.82, 2.24) is 0 Å². The van der Waals surface area contributed by atoms with Gasteiger partial charge < -0.3 is 24.2 Å². The predicted molar refractivity (Wildman–Crippen MR) is 315 cm³/mol. The van der Waals surface area contributed by atoms with Crippen molar-refractivity contribution in [2.24, 2.45) is 0 Å². The number of ether oxygens (including phenoxy) is 3. The van der Waals surface area contributed by atoms with Crippen molar-refractivity contribution in [3.8, 4) is 0 Å². The van der Waals surface area contributed by atoms with Crippen LogP contribution in [0.25, 0.3) is 0 Å². The van der Waals surface area contributed by atoms with Gasteiger partial charge in [0.15, 0.2) is 6.10 Å². The van der Waals surface area contributed by atoms with Gasteiger partial charge in [-0.15, -0.1) is 0 Å². The maximum Gasteiger partial charge on any atom is 0.472 e. The molecule has 0 saturated heterocycles. The first-order chi connectivity index (χ1) is 37.2. The highest BCUT2D eigenvalue weighted by atomic mass is 31.2. The van der Waals surface area contributed by atoms with Crippen LogP contribution in [0.15, 0.2) is 158 Å². The Morgan fingerprint density at radius 2 is 0.658 bits per heavy atom. The lowest BCUT2D eigenvalue weighted by molar-refractivity contribution is -0.161. The summed E-state index contributed by atoms with van der Waals surface area (Å²) in [5.74, 6) is -1.65. The minimum absolute atomic E-state index is 0.0660. The van der Waals surface area contributed by atoms with Crippen LogP contribution in [0.1, 0.15) is 188 Å². The third-order valence-electron chi connectivity index (χ3n) is 10.9. The minimum Gasteiger partial charge on any atom is -0.462 e. The Bertz CT molecular complexity index is 1880. The quantitative estimate of drug-likeness (QED) is 0.0197. The van der Waals surface area contributed by atoms with Crippen LogP contribution in [0.4, 0.5) is 0 Å². The van der Waals surface area contributed by atoms with Crippen molar-refractivity contribution in [3.63, 3.8) is 0 Å². The van der Waals surface area contributed by atoms with E-state index in [9.17, 15) is 28.9 Å². The summed E-state index contributed by atoms with van der Waals surface area (Å²) in [5, 5.41) is 9.81. The second-order valence-corrected chi connectivity index (χ2v) is 19.4. The lowest BCUT2D eigenvalue weighted by Gasteiger charge is -2.21. The number of phosphoric ester groups is 1. The number of aliphatic hydroxyl groups is 1. The standard InChI is InChI=1S/C64H99O11P/c1-4-7-10-13-16-19-22-25-28-30-33-35-38-41-44-47-50-53-62(66)71-57-61(75-64(68)55-52-49-46-43-40-37-34-31-29-26-23-20-17-14-11-8-5-2)59-73-76(69,70)72-58-60(56-65)74-63(67)54-51-48-45-42-39-36-32-27-24-21-18-15-12-9-6-3/h7-12,16-21,25-29,32-35,37,41,43-44,46,60-61,65H,4-6,13-15,22-24,30-31,36,38-40,42,45,47-59H2,1-3H3,(H,69,70)/b10-7-,11-8-,12-9-,19-16-,20-17-,21-18-,28-25-,29-26-,32-27-,35-33-,37-34-,44-41-,46-43-. The number of phosphoric acid groups is 1. The molecule has 3 atom stereocenters. The van der Waals surface area contributed by atoms with Gasteiger partial charge >= 0.3 is 25.7 Å². The molecule has 0 heterocycles. The molecule has 0 spiro atoms. The maximum absolute atomic E-state index is 12.9. The van der Waals surface area contributed by atoms with Crippen LogP contribution < -0.4 is 0 Å². The fourth-order valence-electron chi connectivity index (χ4n) is 6.73. The zero-order valence-electron chi connectivity index (χ0n) is 46.9. The molecule has 11 nitrogen and oxygen atoms in total. The van der Waals surface area contributed by atoms with Gasteiger partial charge in [-0.25, -0.2) is 4.57 Å². The Balaban J connectivity index is 4.94. The molecule has 0 aromatic carbocycles. The van der Waals surface area contributed by atoms with Gasteiger partial charge in [-0.05, 0) is 128 Å². The number of esters is 3. The molecule has 0 aromatic rings. The molecule has 0 amide bonds. The molecule has 0 aliphatic heterocycles. The third kappa shape index (κ3) is 53.9. The van der Waals surface area contributed by atoms with Crippen molar-refractivity contribution < 1.29 is 52.2 Å². The summed E-state index contributed by atoms with van der Waals surface area (Å²) in [6.45, 7) is 4.12. The lowest BCUT2D eigenvalue weighted by Crippen LogP contribution is -2.30. The molecular formula is C64H99O11P. The number of unbranched alkanes of at least 4 members (excludes halogenated alkanes) is 7. The van der Waals surface area contributed by atoms with Crippen molar-refractivity contribution in [2.45, 2.75) is 200 Å². The number of hydrogen-bond acceptors (Lipinski definition) is 10. The van der Waals surface area contributed by atoms with Crippen LogP contribution in [-0.2, 0) is 42.2 Å². The summed E-state index contributed by atoms with van der Waals surface area (Å²) >= 11 is 0. The highest BCUT2D eigenvalue weighted by Crippen LogP contribution is 2.43. The van der Waals surface area contributed by atoms with Gasteiger partial charge in [0, 0.05) is 19.3 Å². The van der Waals surface area contributed by atoms with Gasteiger partial charge in [0.1, 0.15) is 12.7 Å². The number of carbonyl (C=O) groups excluding carboxylic acids is 3. The number of rotatable bonds is 50. The second-order valence-electron chi connectivity index (χ2n) is 18.0. The molecular weight excluding hydrogens is 976 g/mol. The van der Waals surface area contributed by atoms with Gasteiger partial charge in [0.05, 0.1) is 19.8 Å². The Morgan fingerprint density at radius 1 is 0.368 bits per heavy atom. The molecule has 0 saturated carbocycles. The molecule has 0 fully saturated rings. The third-order valence-corrected chi connectivity index (χ3v) is 11.9. The molecule has 0 aliphatic carbocycles. The van der Waals surface area contributed by atoms with Gasteiger partial charge in [-0.2, -0.15) is 0 Å². The second kappa shape index (κ2) is 56.3. The molecule has 0 rings (SSSR count). The van der Waals surface area contributed by atoms with E-state index in [1.54, 1.807) is 0 Å². The molecule has 2 N–H and O–H groups in total. The summed E-state index contributed by atoms with van der Waals surface area (Å²) in [7, 11) is -4.79. The van der Waals surface area contributed by atoms with E-state index in [4.69, 9.17) is 23.3 Å². The molecule has 12 heteroatoms. The molecule has 76 heavy (non-hydrogen) atoms. The molecule has 0 aliphatic rings. The van der Waals surface area contributed by atoms with Crippen LogP contribution in [0, 0.1) is 0 Å². The highest BCUT2D eigenvalue weighted by molar-refractivity contribution is 7.47. The predicted octanol–water partition coefficient (Wildman–Crippen LogP) is 16.9. The summed E-state index contributed by atoms with van der Waals surface area (Å²) in [5.41, 5.74) is 0. The molecule has 426 valence electrons. The highest BCUT2D eigenvalue weighted by Gasteiger charge is 2.28. The topological polar surface area (TPSA) is 155 Å². The van der Waals surface area contributed by atoms with Crippen molar-refractivity contribution in [2.75, 3.05) is 26.4 Å². The minimum atomic E-state index is -4.79. The Kier molecular flexibility index (Phi) is 52.7. The molecule has 0 radical (unpaired) electrons. The average molecular weight is 1080 g/mol. The van der Waals surface area contributed by atoms with Gasteiger partial charge in [0.2, 0.25) is 0 Å². The normalized spacial score (nSPS) is 14.5. The molecule has 0 aromatic heterocycles. The van der Waals surface area contributed by atoms with Crippen LogP contribution in [0.5, 0.6) is 0 Å². The first kappa shape index (κ1) is 71.1. The number of hydrogen-bond donors (Lipinski definition) is 2. The molecule has 0 bridgehead atoms. The average Bonchev–Trinajstić information content (AvgIpc) is 3.41. The lowest BCUT2D eigenvalue weighted by atomic mass is 10.1. The fraction of sp³-hybridized carbons (Fsp3) is 0.547. The van der Waals surface area contributed by atoms with Crippen molar-refractivity contribution in [1.29, 1.82) is 0 Å². The maximum atomic E-state index is 12.9. The van der Waals surface area contributed by atoms with Crippen molar-refractivity contribution in [3.05, 3.63) is 158 Å².